The molecule has 1 heterocycles. The summed E-state index contributed by atoms with van der Waals surface area (Å²) in [4.78, 5) is 1.32. The standard InChI is InChI=1S/C11H14S/c1-4-5-6-11-10(9(2)3)7-8-12-11/h5-8H,2,4H2,1,3H3/b6-5-. The Bertz CT molecular complexity index is 292. The van der Waals surface area contributed by atoms with E-state index in [1.165, 1.54) is 10.4 Å². The van der Waals surface area contributed by atoms with Crippen LogP contribution in [-0.2, 0) is 0 Å². The molecule has 0 aromatic carbocycles. The summed E-state index contributed by atoms with van der Waals surface area (Å²) in [6, 6.07) is 2.13. The molecular weight excluding hydrogens is 164 g/mol. The summed E-state index contributed by atoms with van der Waals surface area (Å²) in [5, 5.41) is 2.11. The van der Waals surface area contributed by atoms with Gasteiger partial charge in [-0.2, -0.15) is 0 Å². The second-order valence-electron chi connectivity index (χ2n) is 2.79. The molecule has 0 spiro atoms. The zero-order valence-corrected chi connectivity index (χ0v) is 8.45. The van der Waals surface area contributed by atoms with Gasteiger partial charge in [0.15, 0.2) is 0 Å². The minimum absolute atomic E-state index is 1.09. The molecule has 0 radical (unpaired) electrons. The second-order valence-corrected chi connectivity index (χ2v) is 3.74. The lowest BCUT2D eigenvalue weighted by Gasteiger charge is -1.96. The highest BCUT2D eigenvalue weighted by atomic mass is 32.1. The number of thiophene rings is 1. The molecule has 1 aromatic rings. The molecule has 0 unspecified atom stereocenters. The molecule has 0 atom stereocenters. The molecule has 0 aliphatic heterocycles. The first-order chi connectivity index (χ1) is 5.75. The maximum atomic E-state index is 3.94. The third-order valence-electron chi connectivity index (χ3n) is 1.66. The Kier molecular flexibility index (Phi) is 3.30. The predicted octanol–water partition coefficient (Wildman–Crippen LogP) is 4.20. The van der Waals surface area contributed by atoms with Gasteiger partial charge in [0.2, 0.25) is 0 Å². The first kappa shape index (κ1) is 9.27. The fourth-order valence-corrected chi connectivity index (χ4v) is 1.92. The van der Waals surface area contributed by atoms with E-state index in [9.17, 15) is 0 Å². The zero-order chi connectivity index (χ0) is 8.97. The lowest BCUT2D eigenvalue weighted by Crippen LogP contribution is -1.74. The first-order valence-corrected chi connectivity index (χ1v) is 5.03. The zero-order valence-electron chi connectivity index (χ0n) is 7.63. The molecule has 0 amide bonds. The quantitative estimate of drug-likeness (QED) is 0.650. The van der Waals surface area contributed by atoms with Crippen LogP contribution in [-0.4, -0.2) is 0 Å². The van der Waals surface area contributed by atoms with E-state index in [0.29, 0.717) is 0 Å². The molecule has 1 aromatic heterocycles. The van der Waals surface area contributed by atoms with Crippen molar-refractivity contribution in [1.29, 1.82) is 0 Å². The van der Waals surface area contributed by atoms with E-state index in [1.807, 2.05) is 6.92 Å². The molecule has 0 bridgehead atoms. The van der Waals surface area contributed by atoms with Crippen LogP contribution in [0.5, 0.6) is 0 Å². The van der Waals surface area contributed by atoms with Crippen molar-refractivity contribution in [3.8, 4) is 0 Å². The summed E-state index contributed by atoms with van der Waals surface area (Å²) >= 11 is 1.77. The van der Waals surface area contributed by atoms with E-state index in [1.54, 1.807) is 11.3 Å². The summed E-state index contributed by atoms with van der Waals surface area (Å²) in [6.45, 7) is 8.13. The van der Waals surface area contributed by atoms with Crippen molar-refractivity contribution in [2.24, 2.45) is 0 Å². The van der Waals surface area contributed by atoms with E-state index >= 15 is 0 Å². The average molecular weight is 178 g/mol. The van der Waals surface area contributed by atoms with E-state index in [4.69, 9.17) is 0 Å². The van der Waals surface area contributed by atoms with Gasteiger partial charge in [-0.05, 0) is 42.0 Å². The van der Waals surface area contributed by atoms with Gasteiger partial charge in [0.1, 0.15) is 0 Å². The van der Waals surface area contributed by atoms with Crippen LogP contribution in [0, 0.1) is 0 Å². The van der Waals surface area contributed by atoms with Crippen LogP contribution < -0.4 is 0 Å². The summed E-state index contributed by atoms with van der Waals surface area (Å²) in [7, 11) is 0. The number of rotatable bonds is 3. The van der Waals surface area contributed by atoms with Crippen LogP contribution in [0.4, 0.5) is 0 Å². The van der Waals surface area contributed by atoms with Gasteiger partial charge in [-0.25, -0.2) is 0 Å². The van der Waals surface area contributed by atoms with Crippen molar-refractivity contribution in [2.45, 2.75) is 20.3 Å². The van der Waals surface area contributed by atoms with Gasteiger partial charge in [0.05, 0.1) is 0 Å². The molecule has 0 saturated carbocycles. The maximum Gasteiger partial charge on any atom is 0.0341 e. The average Bonchev–Trinajstić information content (AvgIpc) is 2.48. The van der Waals surface area contributed by atoms with Crippen LogP contribution in [0.15, 0.2) is 24.1 Å². The Morgan fingerprint density at radius 3 is 3.00 bits per heavy atom. The number of hydrogen-bond donors (Lipinski definition) is 0. The van der Waals surface area contributed by atoms with Gasteiger partial charge in [-0.3, -0.25) is 0 Å². The third kappa shape index (κ3) is 2.08. The van der Waals surface area contributed by atoms with E-state index in [0.717, 1.165) is 12.0 Å². The lowest BCUT2D eigenvalue weighted by molar-refractivity contribution is 1.23. The minimum atomic E-state index is 1.09. The highest BCUT2D eigenvalue weighted by Gasteiger charge is 1.99. The molecule has 0 aliphatic rings. The second kappa shape index (κ2) is 4.27. The Hall–Kier alpha value is -0.820. The summed E-state index contributed by atoms with van der Waals surface area (Å²) in [5.74, 6) is 0. The third-order valence-corrected chi connectivity index (χ3v) is 2.54. The molecule has 0 N–H and O–H groups in total. The number of hydrogen-bond acceptors (Lipinski definition) is 1. The highest BCUT2D eigenvalue weighted by Crippen LogP contribution is 2.24. The Morgan fingerprint density at radius 2 is 2.42 bits per heavy atom. The fourth-order valence-electron chi connectivity index (χ4n) is 1.03. The monoisotopic (exact) mass is 178 g/mol. The summed E-state index contributed by atoms with van der Waals surface area (Å²) in [6.07, 6.45) is 5.44. The van der Waals surface area contributed by atoms with E-state index in [2.05, 4.69) is 37.1 Å². The van der Waals surface area contributed by atoms with E-state index < -0.39 is 0 Å². The summed E-state index contributed by atoms with van der Waals surface area (Å²) in [5.41, 5.74) is 2.43. The van der Waals surface area contributed by atoms with Crippen LogP contribution in [0.1, 0.15) is 30.7 Å². The van der Waals surface area contributed by atoms with Crippen molar-refractivity contribution in [2.75, 3.05) is 0 Å². The van der Waals surface area contributed by atoms with Crippen LogP contribution in [0.2, 0.25) is 0 Å². The normalized spacial score (nSPS) is 10.8. The molecule has 0 aliphatic carbocycles. The molecule has 12 heavy (non-hydrogen) atoms. The molecule has 64 valence electrons. The van der Waals surface area contributed by atoms with Crippen molar-refractivity contribution in [1.82, 2.24) is 0 Å². The van der Waals surface area contributed by atoms with Crippen LogP contribution in [0.25, 0.3) is 11.6 Å². The Labute approximate surface area is 78.2 Å². The molecule has 0 nitrogen and oxygen atoms in total. The molecule has 1 rings (SSSR count). The Morgan fingerprint density at radius 1 is 1.67 bits per heavy atom. The first-order valence-electron chi connectivity index (χ1n) is 4.15. The van der Waals surface area contributed by atoms with Gasteiger partial charge < -0.3 is 0 Å². The Balaban J connectivity index is 2.91. The lowest BCUT2D eigenvalue weighted by atomic mass is 10.1. The van der Waals surface area contributed by atoms with Gasteiger partial charge in [-0.1, -0.05) is 19.6 Å². The van der Waals surface area contributed by atoms with Crippen molar-refractivity contribution in [3.05, 3.63) is 34.5 Å². The molecule has 0 fully saturated rings. The largest absolute Gasteiger partial charge is 0.144 e. The van der Waals surface area contributed by atoms with Crippen LogP contribution >= 0.6 is 11.3 Å². The summed E-state index contributed by atoms with van der Waals surface area (Å²) < 4.78 is 0. The van der Waals surface area contributed by atoms with Gasteiger partial charge in [-0.15, -0.1) is 11.3 Å². The smallest absolute Gasteiger partial charge is 0.0341 e. The SMILES string of the molecule is C=C(C)c1ccsc1/C=C\CC. The highest BCUT2D eigenvalue weighted by molar-refractivity contribution is 7.11. The van der Waals surface area contributed by atoms with Crippen molar-refractivity contribution in [3.63, 3.8) is 0 Å². The van der Waals surface area contributed by atoms with Gasteiger partial charge >= 0.3 is 0 Å². The molecule has 0 saturated heterocycles. The maximum absolute atomic E-state index is 3.94. The predicted molar refractivity (Wildman–Crippen MR) is 58.4 cm³/mol. The molecular formula is C11H14S. The van der Waals surface area contributed by atoms with Gasteiger partial charge in [0, 0.05) is 4.88 Å². The fraction of sp³-hybridized carbons (Fsp3) is 0.273. The van der Waals surface area contributed by atoms with E-state index in [-0.39, 0.29) is 0 Å². The van der Waals surface area contributed by atoms with Crippen molar-refractivity contribution < 1.29 is 0 Å². The van der Waals surface area contributed by atoms with Crippen molar-refractivity contribution >= 4 is 23.0 Å². The minimum Gasteiger partial charge on any atom is -0.144 e. The molecule has 1 heteroatoms. The van der Waals surface area contributed by atoms with Gasteiger partial charge in [0.25, 0.3) is 0 Å². The topological polar surface area (TPSA) is 0 Å². The number of allylic oxidation sites excluding steroid dienone is 2. The van der Waals surface area contributed by atoms with Crippen LogP contribution in [0.3, 0.4) is 0 Å².